The number of hydrogen-bond acceptors (Lipinski definition) is 4. The van der Waals surface area contributed by atoms with Gasteiger partial charge in [-0.3, -0.25) is 9.69 Å². The van der Waals surface area contributed by atoms with Gasteiger partial charge in [-0.1, -0.05) is 19.4 Å². The normalized spacial score (nSPS) is 16.5. The zero-order valence-corrected chi connectivity index (χ0v) is 20.5. The third-order valence-electron chi connectivity index (χ3n) is 6.44. The van der Waals surface area contributed by atoms with E-state index in [2.05, 4.69) is 44.8 Å². The molecule has 0 spiro atoms. The van der Waals surface area contributed by atoms with Crippen molar-refractivity contribution >= 4 is 47.3 Å². The Morgan fingerprint density at radius 1 is 1.09 bits per heavy atom. The van der Waals surface area contributed by atoms with E-state index in [-0.39, 0.29) is 30.7 Å². The van der Waals surface area contributed by atoms with Crippen LogP contribution in [0.15, 0.2) is 36.4 Å². The lowest BCUT2D eigenvalue weighted by Crippen LogP contribution is -2.28. The van der Waals surface area contributed by atoms with Crippen LogP contribution in [-0.4, -0.2) is 40.2 Å². The molecule has 0 bridgehead atoms. The van der Waals surface area contributed by atoms with Crippen molar-refractivity contribution in [3.8, 4) is 11.3 Å². The molecule has 6 nitrogen and oxygen atoms in total. The number of carbonyl (C=O) groups excluding carboxylic acids is 1. The minimum atomic E-state index is -0.615. The number of rotatable bonds is 6. The number of aliphatic hydroxyl groups excluding tert-OH is 1. The van der Waals surface area contributed by atoms with E-state index < -0.39 is 6.23 Å². The summed E-state index contributed by atoms with van der Waals surface area (Å²) in [4.78, 5) is 18.6. The van der Waals surface area contributed by atoms with Crippen LogP contribution >= 0.6 is 24.8 Å². The Bertz CT molecular complexity index is 1130. The molecule has 8 heteroatoms. The minimum absolute atomic E-state index is 0. The van der Waals surface area contributed by atoms with Gasteiger partial charge in [-0.25, -0.2) is 0 Å². The van der Waals surface area contributed by atoms with Gasteiger partial charge in [0.25, 0.3) is 5.91 Å². The largest absolute Gasteiger partial charge is 0.374 e. The molecule has 0 radical (unpaired) electrons. The average Bonchev–Trinajstić information content (AvgIpc) is 3.37. The van der Waals surface area contributed by atoms with E-state index in [1.165, 1.54) is 37.9 Å². The Balaban J connectivity index is 0.00000153. The number of likely N-dealkylation sites (tertiary alicyclic amines) is 1. The molecule has 0 saturated carbocycles. The van der Waals surface area contributed by atoms with Crippen molar-refractivity contribution in [1.82, 2.24) is 15.2 Å². The molecule has 1 unspecified atom stereocenters. The zero-order chi connectivity index (χ0) is 21.4. The first-order valence-electron chi connectivity index (χ1n) is 11.3. The predicted molar refractivity (Wildman–Crippen MR) is 138 cm³/mol. The second kappa shape index (κ2) is 10.8. The van der Waals surface area contributed by atoms with Crippen LogP contribution < -0.4 is 10.6 Å². The summed E-state index contributed by atoms with van der Waals surface area (Å²) in [5, 5.41) is 17.3. The van der Waals surface area contributed by atoms with Gasteiger partial charge in [-0.05, 0) is 73.8 Å². The van der Waals surface area contributed by atoms with E-state index in [1.54, 1.807) is 0 Å². The van der Waals surface area contributed by atoms with Crippen LogP contribution in [0, 0.1) is 0 Å². The Morgan fingerprint density at radius 2 is 1.88 bits per heavy atom. The first-order chi connectivity index (χ1) is 15.1. The van der Waals surface area contributed by atoms with Gasteiger partial charge in [0, 0.05) is 40.9 Å². The molecule has 1 saturated heterocycles. The highest BCUT2D eigenvalue weighted by molar-refractivity contribution is 6.06. The first kappa shape index (κ1) is 25.4. The number of amides is 1. The number of aromatic nitrogens is 1. The monoisotopic (exact) mass is 490 g/mol. The molecular weight excluding hydrogens is 459 g/mol. The number of aliphatic hydroxyl groups is 1. The highest BCUT2D eigenvalue weighted by atomic mass is 35.5. The Morgan fingerprint density at radius 3 is 2.64 bits per heavy atom. The van der Waals surface area contributed by atoms with Crippen LogP contribution in [0.5, 0.6) is 0 Å². The molecule has 5 rings (SSSR count). The highest BCUT2D eigenvalue weighted by Gasteiger charge is 2.25. The second-order valence-corrected chi connectivity index (χ2v) is 8.75. The van der Waals surface area contributed by atoms with E-state index in [4.69, 9.17) is 0 Å². The van der Waals surface area contributed by atoms with Gasteiger partial charge in [0.15, 0.2) is 0 Å². The number of piperidine rings is 1. The fraction of sp³-hybridized carbons (Fsp3) is 0.400. The van der Waals surface area contributed by atoms with Crippen molar-refractivity contribution in [2.24, 2.45) is 0 Å². The first-order valence-corrected chi connectivity index (χ1v) is 11.3. The topological polar surface area (TPSA) is 80.4 Å². The summed E-state index contributed by atoms with van der Waals surface area (Å²) in [7, 11) is 0. The molecule has 33 heavy (non-hydrogen) atoms. The van der Waals surface area contributed by atoms with Crippen molar-refractivity contribution < 1.29 is 9.90 Å². The molecule has 2 aliphatic rings. The molecular formula is C25H32Cl2N4O2. The maximum atomic E-state index is 12.5. The summed E-state index contributed by atoms with van der Waals surface area (Å²) >= 11 is 0. The lowest BCUT2D eigenvalue weighted by atomic mass is 9.99. The molecule has 1 aromatic heterocycles. The van der Waals surface area contributed by atoms with Gasteiger partial charge < -0.3 is 20.7 Å². The van der Waals surface area contributed by atoms with Gasteiger partial charge in [0.1, 0.15) is 6.23 Å². The highest BCUT2D eigenvalue weighted by Crippen LogP contribution is 2.34. The fourth-order valence-electron chi connectivity index (χ4n) is 4.77. The molecule has 1 fully saturated rings. The van der Waals surface area contributed by atoms with Crippen LogP contribution in [0.3, 0.4) is 0 Å². The van der Waals surface area contributed by atoms with E-state index in [0.717, 1.165) is 45.5 Å². The summed E-state index contributed by atoms with van der Waals surface area (Å²) < 4.78 is 0. The van der Waals surface area contributed by atoms with Crippen LogP contribution in [0.4, 0.5) is 5.69 Å². The van der Waals surface area contributed by atoms with E-state index in [9.17, 15) is 9.90 Å². The van der Waals surface area contributed by atoms with Crippen LogP contribution in [0.1, 0.15) is 54.1 Å². The number of nitrogens with zero attached hydrogens (tertiary/aromatic N) is 1. The number of carbonyl (C=O) groups is 1. The van der Waals surface area contributed by atoms with Crippen molar-refractivity contribution in [1.29, 1.82) is 0 Å². The maximum absolute atomic E-state index is 12.5. The predicted octanol–water partition coefficient (Wildman–Crippen LogP) is 5.05. The molecule has 1 atom stereocenters. The zero-order valence-electron chi connectivity index (χ0n) is 18.8. The number of aromatic amines is 1. The van der Waals surface area contributed by atoms with Crippen molar-refractivity contribution in [3.63, 3.8) is 0 Å². The summed E-state index contributed by atoms with van der Waals surface area (Å²) in [5.41, 5.74) is 6.68. The standard InChI is InChI=1S/C25H30N4O2.2ClH/c1-2-23(30)27-19-11-18-14-26-25(31)24(18)20(13-19)22-12-17-10-16(6-7-21(17)28-22)15-29-8-4-3-5-9-29;;/h6-7,10-13,23,27-28,30H,2-5,8-9,14-15H2,1H3,(H,26,31);2*1H. The van der Waals surface area contributed by atoms with Crippen molar-refractivity contribution in [3.05, 3.63) is 53.1 Å². The Labute approximate surface area is 207 Å². The number of nitrogens with one attached hydrogen (secondary N) is 3. The van der Waals surface area contributed by atoms with E-state index >= 15 is 0 Å². The Kier molecular flexibility index (Phi) is 8.29. The number of fused-ring (bicyclic) bond motifs is 2. The van der Waals surface area contributed by atoms with Crippen molar-refractivity contribution in [2.45, 2.75) is 51.9 Å². The molecule has 3 aromatic rings. The minimum Gasteiger partial charge on any atom is -0.374 e. The van der Waals surface area contributed by atoms with Crippen LogP contribution in [-0.2, 0) is 13.1 Å². The summed E-state index contributed by atoms with van der Waals surface area (Å²) in [6.45, 7) is 5.79. The van der Waals surface area contributed by atoms with Gasteiger partial charge >= 0.3 is 0 Å². The van der Waals surface area contributed by atoms with E-state index in [0.29, 0.717) is 13.0 Å². The van der Waals surface area contributed by atoms with Gasteiger partial charge in [0.05, 0.1) is 5.56 Å². The van der Waals surface area contributed by atoms with Gasteiger partial charge in [-0.2, -0.15) is 0 Å². The van der Waals surface area contributed by atoms with Gasteiger partial charge in [0.2, 0.25) is 0 Å². The summed E-state index contributed by atoms with van der Waals surface area (Å²) in [6, 6.07) is 12.6. The molecule has 2 aromatic carbocycles. The van der Waals surface area contributed by atoms with Crippen LogP contribution in [0.2, 0.25) is 0 Å². The lowest BCUT2D eigenvalue weighted by molar-refractivity contribution is 0.0966. The fourth-order valence-corrected chi connectivity index (χ4v) is 4.77. The quantitative estimate of drug-likeness (QED) is 0.364. The third kappa shape index (κ3) is 5.30. The third-order valence-corrected chi connectivity index (χ3v) is 6.44. The second-order valence-electron chi connectivity index (χ2n) is 8.75. The SMILES string of the molecule is CCC(O)Nc1cc2c(c(-c3cc4cc(CN5CCCCC5)ccc4[nH]3)c1)C(=O)NC2.Cl.Cl. The number of hydrogen-bond donors (Lipinski definition) is 4. The molecule has 2 aliphatic heterocycles. The van der Waals surface area contributed by atoms with E-state index in [1.807, 2.05) is 19.1 Å². The molecule has 0 aliphatic carbocycles. The number of benzene rings is 2. The smallest absolute Gasteiger partial charge is 0.252 e. The number of anilines is 1. The summed E-state index contributed by atoms with van der Waals surface area (Å²) in [5.74, 6) is -0.0444. The maximum Gasteiger partial charge on any atom is 0.252 e. The molecule has 3 heterocycles. The molecule has 4 N–H and O–H groups in total. The summed E-state index contributed by atoms with van der Waals surface area (Å²) in [6.07, 6.45) is 3.92. The molecule has 1 amide bonds. The number of halogens is 2. The Hall–Kier alpha value is -2.25. The number of H-pyrrole nitrogens is 1. The van der Waals surface area contributed by atoms with Gasteiger partial charge in [-0.15, -0.1) is 24.8 Å². The molecule has 178 valence electrons. The lowest BCUT2D eigenvalue weighted by Gasteiger charge is -2.26. The average molecular weight is 491 g/mol. The van der Waals surface area contributed by atoms with Crippen LogP contribution in [0.25, 0.3) is 22.2 Å². The van der Waals surface area contributed by atoms with Crippen molar-refractivity contribution in [2.75, 3.05) is 18.4 Å².